The number of nitrogens with zero attached hydrogens (tertiary/aromatic N) is 3. The molecule has 0 aliphatic carbocycles. The molecule has 0 radical (unpaired) electrons. The zero-order valence-corrected chi connectivity index (χ0v) is 13.4. The Morgan fingerprint density at radius 2 is 1.64 bits per heavy atom. The van der Waals surface area contributed by atoms with Crippen LogP contribution in [0.25, 0.3) is 22.2 Å². The number of imidazole rings is 1. The van der Waals surface area contributed by atoms with Gasteiger partial charge in [-0.05, 0) is 11.1 Å². The summed E-state index contributed by atoms with van der Waals surface area (Å²) in [5, 5.41) is 11.4. The molecule has 0 spiro atoms. The Bertz CT molecular complexity index is 1040. The number of rotatable bonds is 4. The van der Waals surface area contributed by atoms with Gasteiger partial charge in [-0.1, -0.05) is 60.7 Å². The highest BCUT2D eigenvalue weighted by Gasteiger charge is 2.16. The first-order valence-corrected chi connectivity index (χ1v) is 7.95. The molecule has 0 bridgehead atoms. The van der Waals surface area contributed by atoms with Crippen molar-refractivity contribution in [3.8, 4) is 11.1 Å². The second kappa shape index (κ2) is 6.20. The van der Waals surface area contributed by atoms with E-state index in [1.54, 1.807) is 18.5 Å². The number of hydrogen-bond acceptors (Lipinski definition) is 3. The quantitative estimate of drug-likeness (QED) is 0.404. The van der Waals surface area contributed by atoms with Crippen LogP contribution in [0.1, 0.15) is 5.56 Å². The standard InChI is InChI=1S/C20H15N3O2/c24-23(25)17-11-18(16-9-5-2-6-10-16)20-19(12-17)22(14-21-20)13-15-7-3-1-4-8-15/h1-12,14H,13H2. The summed E-state index contributed by atoms with van der Waals surface area (Å²) < 4.78 is 1.95. The maximum atomic E-state index is 11.4. The summed E-state index contributed by atoms with van der Waals surface area (Å²) in [6.07, 6.45) is 1.74. The summed E-state index contributed by atoms with van der Waals surface area (Å²) >= 11 is 0. The first kappa shape index (κ1) is 15.1. The number of non-ortho nitro benzene ring substituents is 1. The third-order valence-corrected chi connectivity index (χ3v) is 4.20. The van der Waals surface area contributed by atoms with E-state index in [0.717, 1.165) is 27.7 Å². The molecular formula is C20H15N3O2. The van der Waals surface area contributed by atoms with Gasteiger partial charge in [0.15, 0.2) is 0 Å². The lowest BCUT2D eigenvalue weighted by Gasteiger charge is -2.07. The van der Waals surface area contributed by atoms with Crippen molar-refractivity contribution in [3.05, 3.63) is 94.8 Å². The molecule has 0 saturated carbocycles. The molecule has 5 nitrogen and oxygen atoms in total. The smallest absolute Gasteiger partial charge is 0.272 e. The number of fused-ring (bicyclic) bond motifs is 1. The minimum Gasteiger partial charge on any atom is -0.326 e. The molecule has 0 atom stereocenters. The number of benzene rings is 3. The van der Waals surface area contributed by atoms with Gasteiger partial charge in [0.2, 0.25) is 0 Å². The largest absolute Gasteiger partial charge is 0.326 e. The minimum atomic E-state index is -0.355. The predicted octanol–water partition coefficient (Wildman–Crippen LogP) is 4.66. The van der Waals surface area contributed by atoms with E-state index >= 15 is 0 Å². The van der Waals surface area contributed by atoms with Gasteiger partial charge in [-0.3, -0.25) is 10.1 Å². The van der Waals surface area contributed by atoms with E-state index in [-0.39, 0.29) is 10.6 Å². The van der Waals surface area contributed by atoms with Crippen molar-refractivity contribution in [1.82, 2.24) is 9.55 Å². The number of nitro benzene ring substituents is 1. The highest BCUT2D eigenvalue weighted by Crippen LogP contribution is 2.32. The Labute approximate surface area is 144 Å². The minimum absolute atomic E-state index is 0.0705. The summed E-state index contributed by atoms with van der Waals surface area (Å²) in [5.74, 6) is 0. The Balaban J connectivity index is 1.90. The highest BCUT2D eigenvalue weighted by atomic mass is 16.6. The molecule has 122 valence electrons. The molecule has 0 N–H and O–H groups in total. The van der Waals surface area contributed by atoms with Crippen LogP contribution in [0.3, 0.4) is 0 Å². The molecule has 25 heavy (non-hydrogen) atoms. The Morgan fingerprint density at radius 1 is 0.960 bits per heavy atom. The van der Waals surface area contributed by atoms with Gasteiger partial charge >= 0.3 is 0 Å². The van der Waals surface area contributed by atoms with E-state index in [9.17, 15) is 10.1 Å². The topological polar surface area (TPSA) is 61.0 Å². The van der Waals surface area contributed by atoms with Gasteiger partial charge in [0.05, 0.1) is 22.3 Å². The Morgan fingerprint density at radius 3 is 2.32 bits per heavy atom. The summed E-state index contributed by atoms with van der Waals surface area (Å²) in [7, 11) is 0. The molecule has 5 heteroatoms. The number of nitro groups is 1. The zero-order chi connectivity index (χ0) is 17.2. The zero-order valence-electron chi connectivity index (χ0n) is 13.4. The SMILES string of the molecule is O=[N+]([O-])c1cc(-c2ccccc2)c2ncn(Cc3ccccc3)c2c1. The summed E-state index contributed by atoms with van der Waals surface area (Å²) in [6, 6.07) is 22.8. The van der Waals surface area contributed by atoms with Crippen molar-refractivity contribution in [1.29, 1.82) is 0 Å². The second-order valence-electron chi connectivity index (χ2n) is 5.84. The van der Waals surface area contributed by atoms with Crippen LogP contribution in [-0.4, -0.2) is 14.5 Å². The van der Waals surface area contributed by atoms with Crippen molar-refractivity contribution in [3.63, 3.8) is 0 Å². The lowest BCUT2D eigenvalue weighted by molar-refractivity contribution is -0.384. The molecule has 3 aromatic carbocycles. The number of aromatic nitrogens is 2. The molecule has 0 fully saturated rings. The molecular weight excluding hydrogens is 314 g/mol. The van der Waals surface area contributed by atoms with Crippen molar-refractivity contribution < 1.29 is 4.92 Å². The molecule has 1 heterocycles. The second-order valence-corrected chi connectivity index (χ2v) is 5.84. The van der Waals surface area contributed by atoms with Crippen LogP contribution < -0.4 is 0 Å². The molecule has 0 amide bonds. The van der Waals surface area contributed by atoms with Crippen LogP contribution >= 0.6 is 0 Å². The van der Waals surface area contributed by atoms with Gasteiger partial charge in [-0.2, -0.15) is 0 Å². The van der Waals surface area contributed by atoms with E-state index < -0.39 is 0 Å². The molecule has 0 saturated heterocycles. The summed E-state index contributed by atoms with van der Waals surface area (Å²) in [4.78, 5) is 15.6. The van der Waals surface area contributed by atoms with Gasteiger partial charge in [-0.25, -0.2) is 4.98 Å². The molecule has 0 unspecified atom stereocenters. The summed E-state index contributed by atoms with van der Waals surface area (Å²) in [5.41, 5.74) is 4.41. The third-order valence-electron chi connectivity index (χ3n) is 4.20. The maximum Gasteiger partial charge on any atom is 0.272 e. The predicted molar refractivity (Wildman–Crippen MR) is 97.4 cm³/mol. The van der Waals surface area contributed by atoms with Crippen molar-refractivity contribution in [2.24, 2.45) is 0 Å². The van der Waals surface area contributed by atoms with Gasteiger partial charge in [0.25, 0.3) is 5.69 Å². The van der Waals surface area contributed by atoms with Crippen LogP contribution in [0.2, 0.25) is 0 Å². The van der Waals surface area contributed by atoms with Crippen LogP contribution in [0, 0.1) is 10.1 Å². The molecule has 4 aromatic rings. The van der Waals surface area contributed by atoms with E-state index in [0.29, 0.717) is 6.54 Å². The van der Waals surface area contributed by atoms with Crippen LogP contribution in [0.15, 0.2) is 79.1 Å². The number of hydrogen-bond donors (Lipinski definition) is 0. The molecule has 1 aromatic heterocycles. The monoisotopic (exact) mass is 329 g/mol. The average molecular weight is 329 g/mol. The van der Waals surface area contributed by atoms with Crippen molar-refractivity contribution in [2.45, 2.75) is 6.54 Å². The van der Waals surface area contributed by atoms with E-state index in [2.05, 4.69) is 4.98 Å². The fourth-order valence-corrected chi connectivity index (χ4v) is 3.00. The average Bonchev–Trinajstić information content (AvgIpc) is 3.05. The van der Waals surface area contributed by atoms with Crippen LogP contribution in [0.4, 0.5) is 5.69 Å². The van der Waals surface area contributed by atoms with Gasteiger partial charge in [0, 0.05) is 24.2 Å². The molecule has 0 aliphatic heterocycles. The van der Waals surface area contributed by atoms with Crippen LogP contribution in [0.5, 0.6) is 0 Å². The third kappa shape index (κ3) is 2.87. The van der Waals surface area contributed by atoms with E-state index in [4.69, 9.17) is 0 Å². The fourth-order valence-electron chi connectivity index (χ4n) is 3.00. The highest BCUT2D eigenvalue weighted by molar-refractivity contribution is 5.94. The normalized spacial score (nSPS) is 10.9. The van der Waals surface area contributed by atoms with Crippen molar-refractivity contribution >= 4 is 16.7 Å². The maximum absolute atomic E-state index is 11.4. The Hall–Kier alpha value is -3.47. The van der Waals surface area contributed by atoms with E-state index in [1.165, 1.54) is 0 Å². The fraction of sp³-hybridized carbons (Fsp3) is 0.0500. The van der Waals surface area contributed by atoms with Gasteiger partial charge in [0.1, 0.15) is 0 Å². The van der Waals surface area contributed by atoms with Crippen LogP contribution in [-0.2, 0) is 6.54 Å². The lowest BCUT2D eigenvalue weighted by atomic mass is 10.0. The molecule has 4 rings (SSSR count). The van der Waals surface area contributed by atoms with Gasteiger partial charge < -0.3 is 4.57 Å². The van der Waals surface area contributed by atoms with Crippen molar-refractivity contribution in [2.75, 3.05) is 0 Å². The van der Waals surface area contributed by atoms with Gasteiger partial charge in [-0.15, -0.1) is 0 Å². The molecule has 0 aliphatic rings. The Kier molecular flexibility index (Phi) is 3.74. The van der Waals surface area contributed by atoms with E-state index in [1.807, 2.05) is 65.2 Å². The summed E-state index contributed by atoms with van der Waals surface area (Å²) in [6.45, 7) is 0.618. The lowest BCUT2D eigenvalue weighted by Crippen LogP contribution is -1.98. The first-order valence-electron chi connectivity index (χ1n) is 7.95. The first-order chi connectivity index (χ1) is 12.2.